The third kappa shape index (κ3) is 3.87. The molecule has 1 aliphatic rings. The van der Waals surface area contributed by atoms with E-state index < -0.39 is 11.4 Å². The Labute approximate surface area is 153 Å². The lowest BCUT2D eigenvalue weighted by atomic mass is 9.90. The fraction of sp³-hybridized carbons (Fsp3) is 0.333. The highest BCUT2D eigenvalue weighted by Crippen LogP contribution is 2.31. The second-order valence-electron chi connectivity index (χ2n) is 6.89. The number of ether oxygens (including phenoxy) is 1. The lowest BCUT2D eigenvalue weighted by Crippen LogP contribution is -2.35. The Morgan fingerprint density at radius 2 is 1.81 bits per heavy atom. The van der Waals surface area contributed by atoms with Crippen molar-refractivity contribution in [2.75, 3.05) is 19.7 Å². The molecule has 2 aromatic rings. The molecule has 1 atom stereocenters. The van der Waals surface area contributed by atoms with Crippen LogP contribution in [0.3, 0.4) is 0 Å². The molecule has 1 fully saturated rings. The highest BCUT2D eigenvalue weighted by Gasteiger charge is 2.41. The van der Waals surface area contributed by atoms with Crippen molar-refractivity contribution >= 4 is 11.9 Å². The van der Waals surface area contributed by atoms with E-state index in [0.717, 1.165) is 16.9 Å². The number of carboxylic acids is 1. The van der Waals surface area contributed by atoms with Crippen LogP contribution in [0.2, 0.25) is 0 Å². The van der Waals surface area contributed by atoms with Crippen LogP contribution < -0.4 is 4.74 Å². The molecule has 136 valence electrons. The first kappa shape index (κ1) is 18.0. The van der Waals surface area contributed by atoms with Crippen LogP contribution in [-0.2, 0) is 9.59 Å². The minimum atomic E-state index is -0.846. The molecule has 0 saturated carbocycles. The second kappa shape index (κ2) is 7.60. The second-order valence-corrected chi connectivity index (χ2v) is 6.89. The molecule has 1 amide bonds. The van der Waals surface area contributed by atoms with E-state index in [9.17, 15) is 14.7 Å². The summed E-state index contributed by atoms with van der Waals surface area (Å²) >= 11 is 0. The van der Waals surface area contributed by atoms with Gasteiger partial charge in [0.1, 0.15) is 5.75 Å². The van der Waals surface area contributed by atoms with Gasteiger partial charge in [-0.15, -0.1) is 0 Å². The maximum absolute atomic E-state index is 12.4. The Balaban J connectivity index is 1.58. The minimum absolute atomic E-state index is 0.0628. The average molecular weight is 353 g/mol. The summed E-state index contributed by atoms with van der Waals surface area (Å²) in [6.07, 6.45) is 0.727. The van der Waals surface area contributed by atoms with Crippen LogP contribution in [0.5, 0.6) is 5.75 Å². The molecular formula is C21H23NO4. The first-order valence-electron chi connectivity index (χ1n) is 8.78. The summed E-state index contributed by atoms with van der Waals surface area (Å²) in [6.45, 7) is 2.71. The SMILES string of the molecule is CC1(C(=O)O)CCN(C(=O)CCOc2ccccc2-c2ccccc2)C1. The molecule has 0 aromatic heterocycles. The Hall–Kier alpha value is -2.82. The number of carboxylic acid groups (broad SMARTS) is 1. The molecule has 3 rings (SSSR count). The Morgan fingerprint density at radius 3 is 2.50 bits per heavy atom. The molecule has 1 saturated heterocycles. The number of hydrogen-bond donors (Lipinski definition) is 1. The summed E-state index contributed by atoms with van der Waals surface area (Å²) in [5, 5.41) is 9.27. The van der Waals surface area contributed by atoms with E-state index >= 15 is 0 Å². The maximum Gasteiger partial charge on any atom is 0.311 e. The van der Waals surface area contributed by atoms with Crippen LogP contribution in [0.4, 0.5) is 0 Å². The lowest BCUT2D eigenvalue weighted by molar-refractivity contribution is -0.147. The van der Waals surface area contributed by atoms with Crippen LogP contribution in [0, 0.1) is 5.41 Å². The molecule has 1 aliphatic heterocycles. The van der Waals surface area contributed by atoms with E-state index in [-0.39, 0.29) is 25.5 Å². The predicted molar refractivity (Wildman–Crippen MR) is 98.9 cm³/mol. The Kier molecular flexibility index (Phi) is 5.26. The Bertz CT molecular complexity index is 790. The summed E-state index contributed by atoms with van der Waals surface area (Å²) < 4.78 is 5.86. The van der Waals surface area contributed by atoms with Gasteiger partial charge in [-0.25, -0.2) is 0 Å². The molecule has 1 unspecified atom stereocenters. The molecular weight excluding hydrogens is 330 g/mol. The van der Waals surface area contributed by atoms with Crippen molar-refractivity contribution in [2.45, 2.75) is 19.8 Å². The van der Waals surface area contributed by atoms with Crippen molar-refractivity contribution in [1.29, 1.82) is 0 Å². The van der Waals surface area contributed by atoms with Crippen LogP contribution in [0.25, 0.3) is 11.1 Å². The molecule has 5 heteroatoms. The standard InChI is InChI=1S/C21H23NO4/c1-21(20(24)25)12-13-22(15-21)19(23)11-14-26-18-10-6-5-9-17(18)16-7-3-2-4-8-16/h2-10H,11-15H2,1H3,(H,24,25). The number of carbonyl (C=O) groups is 2. The van der Waals surface area contributed by atoms with Crippen molar-refractivity contribution in [3.05, 3.63) is 54.6 Å². The third-order valence-corrected chi connectivity index (χ3v) is 4.89. The number of rotatable bonds is 6. The van der Waals surface area contributed by atoms with E-state index in [0.29, 0.717) is 13.0 Å². The van der Waals surface area contributed by atoms with Gasteiger partial charge in [0.25, 0.3) is 0 Å². The summed E-state index contributed by atoms with van der Waals surface area (Å²) in [4.78, 5) is 25.3. The molecule has 1 N–H and O–H groups in total. The number of para-hydroxylation sites is 1. The quantitative estimate of drug-likeness (QED) is 0.864. The number of nitrogens with zero attached hydrogens (tertiary/aromatic N) is 1. The molecule has 0 spiro atoms. The zero-order valence-corrected chi connectivity index (χ0v) is 14.9. The fourth-order valence-electron chi connectivity index (χ4n) is 3.20. The van der Waals surface area contributed by atoms with Crippen molar-refractivity contribution in [2.24, 2.45) is 5.41 Å². The van der Waals surface area contributed by atoms with Gasteiger partial charge in [0, 0.05) is 18.7 Å². The van der Waals surface area contributed by atoms with Gasteiger partial charge in [0.15, 0.2) is 0 Å². The van der Waals surface area contributed by atoms with Gasteiger partial charge in [-0.1, -0.05) is 48.5 Å². The van der Waals surface area contributed by atoms with Gasteiger partial charge in [0.05, 0.1) is 18.4 Å². The average Bonchev–Trinajstić information content (AvgIpc) is 3.07. The minimum Gasteiger partial charge on any atom is -0.492 e. The number of likely N-dealkylation sites (tertiary alicyclic amines) is 1. The van der Waals surface area contributed by atoms with Crippen LogP contribution in [0.1, 0.15) is 19.8 Å². The lowest BCUT2D eigenvalue weighted by Gasteiger charge is -2.20. The van der Waals surface area contributed by atoms with Gasteiger partial charge >= 0.3 is 5.97 Å². The van der Waals surface area contributed by atoms with Gasteiger partial charge in [-0.2, -0.15) is 0 Å². The third-order valence-electron chi connectivity index (χ3n) is 4.89. The highest BCUT2D eigenvalue weighted by molar-refractivity contribution is 5.80. The van der Waals surface area contributed by atoms with Crippen LogP contribution >= 0.6 is 0 Å². The number of hydrogen-bond acceptors (Lipinski definition) is 3. The highest BCUT2D eigenvalue weighted by atomic mass is 16.5. The fourth-order valence-corrected chi connectivity index (χ4v) is 3.20. The molecule has 0 bridgehead atoms. The van der Waals surface area contributed by atoms with E-state index in [1.165, 1.54) is 0 Å². The first-order chi connectivity index (χ1) is 12.5. The van der Waals surface area contributed by atoms with Crippen molar-refractivity contribution < 1.29 is 19.4 Å². The monoisotopic (exact) mass is 353 g/mol. The van der Waals surface area contributed by atoms with E-state index in [4.69, 9.17) is 4.74 Å². The molecule has 0 aliphatic carbocycles. The topological polar surface area (TPSA) is 66.8 Å². The molecule has 2 aromatic carbocycles. The Morgan fingerprint density at radius 1 is 1.12 bits per heavy atom. The number of carbonyl (C=O) groups excluding carboxylic acids is 1. The van der Waals surface area contributed by atoms with Gasteiger partial charge < -0.3 is 14.7 Å². The van der Waals surface area contributed by atoms with Gasteiger partial charge in [-0.3, -0.25) is 9.59 Å². The zero-order valence-electron chi connectivity index (χ0n) is 14.9. The molecule has 26 heavy (non-hydrogen) atoms. The molecule has 0 radical (unpaired) electrons. The summed E-state index contributed by atoms with van der Waals surface area (Å²) in [5.41, 5.74) is 1.21. The van der Waals surface area contributed by atoms with Crippen molar-refractivity contribution in [1.82, 2.24) is 4.90 Å². The van der Waals surface area contributed by atoms with E-state index in [1.54, 1.807) is 11.8 Å². The number of aliphatic carboxylic acids is 1. The van der Waals surface area contributed by atoms with Crippen LogP contribution in [-0.4, -0.2) is 41.6 Å². The normalized spacial score (nSPS) is 19.3. The van der Waals surface area contributed by atoms with Crippen molar-refractivity contribution in [3.8, 4) is 16.9 Å². The predicted octanol–water partition coefficient (Wildman–Crippen LogP) is 3.45. The molecule has 5 nitrogen and oxygen atoms in total. The summed E-state index contributed by atoms with van der Waals surface area (Å²) in [5.74, 6) is -0.170. The summed E-state index contributed by atoms with van der Waals surface area (Å²) in [7, 11) is 0. The zero-order chi connectivity index (χ0) is 18.6. The largest absolute Gasteiger partial charge is 0.492 e. The van der Waals surface area contributed by atoms with E-state index in [2.05, 4.69) is 0 Å². The van der Waals surface area contributed by atoms with Gasteiger partial charge in [0.2, 0.25) is 5.91 Å². The first-order valence-corrected chi connectivity index (χ1v) is 8.78. The summed E-state index contributed by atoms with van der Waals surface area (Å²) in [6, 6.07) is 17.7. The number of benzene rings is 2. The molecule has 1 heterocycles. The number of amides is 1. The van der Waals surface area contributed by atoms with E-state index in [1.807, 2.05) is 54.6 Å². The maximum atomic E-state index is 12.4. The smallest absolute Gasteiger partial charge is 0.311 e. The van der Waals surface area contributed by atoms with Gasteiger partial charge in [-0.05, 0) is 25.0 Å². The van der Waals surface area contributed by atoms with Crippen LogP contribution in [0.15, 0.2) is 54.6 Å². The van der Waals surface area contributed by atoms with Crippen molar-refractivity contribution in [3.63, 3.8) is 0 Å².